The van der Waals surface area contributed by atoms with Crippen LogP contribution in [0.1, 0.15) is 51.5 Å². The number of carbonyl (C=O) groups excluding carboxylic acids is 2. The van der Waals surface area contributed by atoms with Crippen molar-refractivity contribution in [3.05, 3.63) is 89.6 Å². The summed E-state index contributed by atoms with van der Waals surface area (Å²) in [4.78, 5) is 23.3. The molecule has 0 aromatic heterocycles. The van der Waals surface area contributed by atoms with E-state index in [2.05, 4.69) is 36.8 Å². The molecule has 0 amide bonds. The Kier molecular flexibility index (Phi) is 20.5. The number of halogens is 2. The first kappa shape index (κ1) is 38.6. The van der Waals surface area contributed by atoms with Crippen LogP contribution < -0.4 is 0 Å². The molecule has 1 N–H and O–H groups in total. The lowest BCUT2D eigenvalue weighted by Crippen LogP contribution is -2.42. The molecule has 42 heavy (non-hydrogen) atoms. The highest BCUT2D eigenvalue weighted by molar-refractivity contribution is 5.76. The lowest BCUT2D eigenvalue weighted by molar-refractivity contribution is -0.104. The Hall–Kier alpha value is -3.36. The van der Waals surface area contributed by atoms with E-state index < -0.39 is 6.67 Å². The minimum Gasteiger partial charge on any atom is -0.497 e. The number of aldehydes is 1. The lowest BCUT2D eigenvalue weighted by Gasteiger charge is -2.36. The summed E-state index contributed by atoms with van der Waals surface area (Å²) in [5.74, 6) is 0.551. The van der Waals surface area contributed by atoms with Crippen LogP contribution in [-0.4, -0.2) is 81.6 Å². The molecule has 0 radical (unpaired) electrons. The van der Waals surface area contributed by atoms with Crippen molar-refractivity contribution >= 4 is 18.6 Å². The van der Waals surface area contributed by atoms with Crippen LogP contribution in [0.3, 0.4) is 0 Å². The fraction of sp³-hybridized carbons (Fsp3) is 0.471. The van der Waals surface area contributed by atoms with Gasteiger partial charge in [0.2, 0.25) is 0 Å². The zero-order valence-corrected chi connectivity index (χ0v) is 26.1. The summed E-state index contributed by atoms with van der Waals surface area (Å²) >= 11 is 0. The van der Waals surface area contributed by atoms with E-state index in [9.17, 15) is 13.6 Å². The van der Waals surface area contributed by atoms with Crippen LogP contribution >= 0.6 is 0 Å². The van der Waals surface area contributed by atoms with E-state index in [1.807, 2.05) is 26.1 Å². The van der Waals surface area contributed by atoms with Gasteiger partial charge in [-0.3, -0.25) is 9.69 Å². The van der Waals surface area contributed by atoms with Gasteiger partial charge in [-0.15, -0.1) is 0 Å². The summed E-state index contributed by atoms with van der Waals surface area (Å²) in [6.07, 6.45) is 11.7. The number of carbonyl (C=O) groups is 2. The predicted molar refractivity (Wildman–Crippen MR) is 169 cm³/mol. The van der Waals surface area contributed by atoms with E-state index >= 15 is 0 Å². The van der Waals surface area contributed by atoms with E-state index in [1.54, 1.807) is 25.3 Å². The van der Waals surface area contributed by atoms with Gasteiger partial charge >= 0.3 is 0 Å². The van der Waals surface area contributed by atoms with E-state index in [0.29, 0.717) is 41.0 Å². The third-order valence-electron chi connectivity index (χ3n) is 6.83. The molecule has 0 atom stereocenters. The molecule has 8 heteroatoms. The standard InChI is InChI=1S/C29H36F2N2O2.C3H8.CH4O.CH2O/c1-21(20-34)11-14-32(3)27-12-15-33(16-13-27)19-25(22(2)35-4)17-28(23-5-6-23)29(18-30)24-7-9-26(31)10-8-24;1-3-2;2*1-2/h7-11,14,17,20,23,27H,1-2,5-6,12-13,15-16,18-19H2,3-4H3;3H2,1-2H3;2H,1H3;1H2/b14-11-,25-17-,29-28-;;;. The number of likely N-dealkylation sites (tertiary alicyclic amines) is 1. The summed E-state index contributed by atoms with van der Waals surface area (Å²) < 4.78 is 33.2. The highest BCUT2D eigenvalue weighted by Gasteiger charge is 2.29. The van der Waals surface area contributed by atoms with E-state index in [4.69, 9.17) is 14.6 Å². The number of alkyl halides is 1. The van der Waals surface area contributed by atoms with Gasteiger partial charge in [0.1, 0.15) is 31.3 Å². The second-order valence-corrected chi connectivity index (χ2v) is 10.0. The second-order valence-electron chi connectivity index (χ2n) is 10.0. The number of nitrogens with zero attached hydrogens (tertiary/aromatic N) is 2. The molecule has 1 saturated heterocycles. The van der Waals surface area contributed by atoms with Crippen molar-refractivity contribution in [3.8, 4) is 0 Å². The van der Waals surface area contributed by atoms with Crippen molar-refractivity contribution < 1.29 is 28.2 Å². The van der Waals surface area contributed by atoms with E-state index in [0.717, 1.165) is 63.3 Å². The van der Waals surface area contributed by atoms with Crippen LogP contribution in [0.5, 0.6) is 0 Å². The SMILES string of the molecule is C=C(C=O)/C=C\N(C)C1CCN(C/C(=C/C(=C(\CF)c2ccc(F)cc2)C2CC2)C(=C)OC)CC1.C=O.CCC.CO. The number of allylic oxidation sites excluding steroid dienone is 5. The van der Waals surface area contributed by atoms with Crippen LogP contribution in [0.15, 0.2) is 78.3 Å². The number of hydrogen-bond acceptors (Lipinski definition) is 6. The zero-order valence-electron chi connectivity index (χ0n) is 26.1. The van der Waals surface area contributed by atoms with E-state index in [1.165, 1.54) is 18.6 Å². The monoisotopic (exact) mass is 588 g/mol. The Bertz CT molecular complexity index is 1040. The fourth-order valence-corrected chi connectivity index (χ4v) is 4.45. The van der Waals surface area contributed by atoms with Crippen LogP contribution in [-0.2, 0) is 14.3 Å². The molecule has 0 bridgehead atoms. The summed E-state index contributed by atoms with van der Waals surface area (Å²) in [5, 5.41) is 7.00. The summed E-state index contributed by atoms with van der Waals surface area (Å²) in [5.41, 5.74) is 3.68. The largest absolute Gasteiger partial charge is 0.497 e. The quantitative estimate of drug-likeness (QED) is 0.129. The molecule has 0 unspecified atom stereocenters. The normalized spacial score (nSPS) is 16.0. The van der Waals surface area contributed by atoms with Gasteiger partial charge < -0.3 is 19.5 Å². The van der Waals surface area contributed by atoms with Gasteiger partial charge in [-0.05, 0) is 72.7 Å². The number of hydrogen-bond donors (Lipinski definition) is 1. The van der Waals surface area contributed by atoms with Crippen molar-refractivity contribution in [2.75, 3.05) is 47.6 Å². The van der Waals surface area contributed by atoms with Gasteiger partial charge in [0.05, 0.1) is 7.11 Å². The molecule has 0 spiro atoms. The van der Waals surface area contributed by atoms with Crippen molar-refractivity contribution in [1.29, 1.82) is 0 Å². The molecule has 1 aromatic carbocycles. The summed E-state index contributed by atoms with van der Waals surface area (Å²) in [6, 6.07) is 6.42. The fourth-order valence-electron chi connectivity index (χ4n) is 4.45. The molecular weight excluding hydrogens is 538 g/mol. The summed E-state index contributed by atoms with van der Waals surface area (Å²) in [7, 11) is 4.63. The highest BCUT2D eigenvalue weighted by atomic mass is 19.1. The van der Waals surface area contributed by atoms with Crippen LogP contribution in [0.2, 0.25) is 0 Å². The molecule has 1 aromatic rings. The minimum absolute atomic E-state index is 0.303. The Labute approximate surface area is 251 Å². The molecule has 3 rings (SSSR count). The Morgan fingerprint density at radius 2 is 1.64 bits per heavy atom. The van der Waals surface area contributed by atoms with Gasteiger partial charge in [0.25, 0.3) is 0 Å². The Morgan fingerprint density at radius 1 is 1.10 bits per heavy atom. The number of rotatable bonds is 12. The molecule has 2 fully saturated rings. The van der Waals surface area contributed by atoms with Crippen LogP contribution in [0, 0.1) is 11.7 Å². The molecule has 6 nitrogen and oxygen atoms in total. The van der Waals surface area contributed by atoms with Crippen molar-refractivity contribution in [3.63, 3.8) is 0 Å². The maximum absolute atomic E-state index is 14.2. The van der Waals surface area contributed by atoms with Gasteiger partial charge in [0.15, 0.2) is 0 Å². The first-order valence-electron chi connectivity index (χ1n) is 14.3. The Balaban J connectivity index is 0.00000221. The smallest absolute Gasteiger partial charge is 0.149 e. The van der Waals surface area contributed by atoms with Crippen molar-refractivity contribution in [2.24, 2.45) is 5.92 Å². The molecule has 234 valence electrons. The average molecular weight is 589 g/mol. The number of piperidine rings is 1. The number of aliphatic hydroxyl groups is 1. The van der Waals surface area contributed by atoms with Gasteiger partial charge in [-0.25, -0.2) is 8.78 Å². The second kappa shape index (κ2) is 22.3. The van der Waals surface area contributed by atoms with Crippen molar-refractivity contribution in [1.82, 2.24) is 9.80 Å². The Morgan fingerprint density at radius 3 is 2.10 bits per heavy atom. The van der Waals surface area contributed by atoms with E-state index in [-0.39, 0.29) is 5.82 Å². The first-order chi connectivity index (χ1) is 20.3. The predicted octanol–water partition coefficient (Wildman–Crippen LogP) is 6.55. The topological polar surface area (TPSA) is 70.1 Å². The summed E-state index contributed by atoms with van der Waals surface area (Å²) in [6.45, 7) is 15.9. The molecule has 1 saturated carbocycles. The molecule has 1 aliphatic heterocycles. The lowest BCUT2D eigenvalue weighted by atomic mass is 9.95. The highest BCUT2D eigenvalue weighted by Crippen LogP contribution is 2.42. The maximum Gasteiger partial charge on any atom is 0.149 e. The number of aliphatic hydroxyl groups excluding tert-OH is 1. The van der Waals surface area contributed by atoms with Crippen molar-refractivity contribution in [2.45, 2.75) is 52.0 Å². The zero-order chi connectivity index (χ0) is 32.1. The molecule has 1 heterocycles. The maximum atomic E-state index is 14.2. The van der Waals surface area contributed by atoms with Gasteiger partial charge in [-0.2, -0.15) is 0 Å². The first-order valence-corrected chi connectivity index (χ1v) is 14.3. The van der Waals surface area contributed by atoms with Gasteiger partial charge in [-0.1, -0.05) is 51.6 Å². The minimum atomic E-state index is -0.609. The molecule has 1 aliphatic carbocycles. The van der Waals surface area contributed by atoms with Crippen LogP contribution in [0.4, 0.5) is 8.78 Å². The average Bonchev–Trinajstić information content (AvgIpc) is 3.88. The molecular formula is C34H50F2N2O4. The number of benzene rings is 1. The number of methoxy groups -OCH3 is 1. The van der Waals surface area contributed by atoms with Gasteiger partial charge in [0, 0.05) is 51.0 Å². The molecule has 2 aliphatic rings. The third kappa shape index (κ3) is 13.5. The third-order valence-corrected chi connectivity index (χ3v) is 6.83. The number of ether oxygens (including phenoxy) is 1. The van der Waals surface area contributed by atoms with Crippen LogP contribution in [0.25, 0.3) is 5.57 Å².